The minimum Gasteiger partial charge on any atom is -0.354 e. The Labute approximate surface area is 200 Å². The standard InChI is InChI=1S/C23H26Br2N2O3S/c24-18-10-11-22(20(25)14-18)31(29,30)27-13-12-16-6-4-5-9-19(16)21(27)15-26-23(28)17-7-2-1-3-8-17/h4-6,9-11,14,17,21H,1-3,7-8,12-13,15H2,(H,26,28). The van der Waals surface area contributed by atoms with Gasteiger partial charge in [0.15, 0.2) is 0 Å². The average Bonchev–Trinajstić information content (AvgIpc) is 2.77. The predicted octanol–water partition coefficient (Wildman–Crippen LogP) is 5.20. The Morgan fingerprint density at radius 3 is 2.55 bits per heavy atom. The van der Waals surface area contributed by atoms with Crippen molar-refractivity contribution in [1.82, 2.24) is 9.62 Å². The van der Waals surface area contributed by atoms with E-state index in [1.165, 1.54) is 6.42 Å². The molecule has 1 N–H and O–H groups in total. The number of sulfonamides is 1. The molecule has 1 aliphatic heterocycles. The molecule has 4 rings (SSSR count). The zero-order valence-electron chi connectivity index (χ0n) is 17.2. The Balaban J connectivity index is 1.63. The largest absolute Gasteiger partial charge is 0.354 e. The van der Waals surface area contributed by atoms with Gasteiger partial charge in [0.05, 0.1) is 10.9 Å². The number of carbonyl (C=O) groups is 1. The Hall–Kier alpha value is -1.22. The van der Waals surface area contributed by atoms with Crippen LogP contribution >= 0.6 is 31.9 Å². The number of nitrogens with zero attached hydrogens (tertiary/aromatic N) is 1. The highest BCUT2D eigenvalue weighted by atomic mass is 79.9. The van der Waals surface area contributed by atoms with E-state index < -0.39 is 16.1 Å². The summed E-state index contributed by atoms with van der Waals surface area (Å²) in [6, 6.07) is 12.6. The van der Waals surface area contributed by atoms with E-state index in [4.69, 9.17) is 0 Å². The second-order valence-electron chi connectivity index (χ2n) is 8.24. The van der Waals surface area contributed by atoms with Crippen LogP contribution in [0.25, 0.3) is 0 Å². The molecule has 31 heavy (non-hydrogen) atoms. The van der Waals surface area contributed by atoms with Gasteiger partial charge in [-0.2, -0.15) is 4.31 Å². The first kappa shape index (κ1) is 23.0. The Kier molecular flexibility index (Phi) is 7.20. The van der Waals surface area contributed by atoms with Crippen LogP contribution in [0.2, 0.25) is 0 Å². The van der Waals surface area contributed by atoms with Crippen LogP contribution < -0.4 is 5.32 Å². The first-order valence-electron chi connectivity index (χ1n) is 10.7. The van der Waals surface area contributed by atoms with E-state index in [-0.39, 0.29) is 23.3 Å². The molecule has 1 amide bonds. The Morgan fingerprint density at radius 1 is 1.06 bits per heavy atom. The molecule has 8 heteroatoms. The molecular weight excluding hydrogens is 544 g/mol. The summed E-state index contributed by atoms with van der Waals surface area (Å²) >= 11 is 6.79. The Bertz CT molecular complexity index is 1070. The van der Waals surface area contributed by atoms with Gasteiger partial charge in [-0.1, -0.05) is 59.5 Å². The summed E-state index contributed by atoms with van der Waals surface area (Å²) < 4.78 is 30.2. The lowest BCUT2D eigenvalue weighted by Crippen LogP contribution is -2.46. The molecular formula is C23H26Br2N2O3S. The molecule has 0 bridgehead atoms. The van der Waals surface area contributed by atoms with E-state index >= 15 is 0 Å². The van der Waals surface area contributed by atoms with Crippen LogP contribution in [0.5, 0.6) is 0 Å². The molecule has 1 aliphatic carbocycles. The van der Waals surface area contributed by atoms with Gasteiger partial charge in [0.2, 0.25) is 15.9 Å². The number of halogens is 2. The quantitative estimate of drug-likeness (QED) is 0.538. The molecule has 2 aromatic rings. The van der Waals surface area contributed by atoms with Gasteiger partial charge >= 0.3 is 0 Å². The number of hydrogen-bond acceptors (Lipinski definition) is 3. The van der Waals surface area contributed by atoms with Crippen molar-refractivity contribution in [2.24, 2.45) is 5.92 Å². The van der Waals surface area contributed by atoms with Crippen LogP contribution in [0, 0.1) is 5.92 Å². The number of fused-ring (bicyclic) bond motifs is 1. The normalized spacial score (nSPS) is 20.3. The SMILES string of the molecule is O=C(NCC1c2ccccc2CCN1S(=O)(=O)c1ccc(Br)cc1Br)C1CCCCC1. The molecule has 2 aliphatic rings. The smallest absolute Gasteiger partial charge is 0.244 e. The number of nitrogens with one attached hydrogen (secondary N) is 1. The molecule has 166 valence electrons. The van der Waals surface area contributed by atoms with Crippen LogP contribution in [0.15, 0.2) is 56.3 Å². The molecule has 1 heterocycles. The van der Waals surface area contributed by atoms with E-state index in [1.807, 2.05) is 24.3 Å². The fraction of sp³-hybridized carbons (Fsp3) is 0.435. The second kappa shape index (κ2) is 9.73. The topological polar surface area (TPSA) is 66.5 Å². The van der Waals surface area contributed by atoms with Crippen molar-refractivity contribution >= 4 is 47.8 Å². The zero-order valence-corrected chi connectivity index (χ0v) is 21.2. The van der Waals surface area contributed by atoms with Crippen LogP contribution in [-0.4, -0.2) is 31.7 Å². The lowest BCUT2D eigenvalue weighted by molar-refractivity contribution is -0.126. The average molecular weight is 570 g/mol. The number of amides is 1. The van der Waals surface area contributed by atoms with Crippen LogP contribution in [0.4, 0.5) is 0 Å². The van der Waals surface area contributed by atoms with Crippen molar-refractivity contribution in [2.45, 2.75) is 49.5 Å². The molecule has 0 radical (unpaired) electrons. The summed E-state index contributed by atoms with van der Waals surface area (Å²) in [5.74, 6) is 0.0863. The second-order valence-corrected chi connectivity index (χ2v) is 11.9. The van der Waals surface area contributed by atoms with Gasteiger partial charge in [-0.3, -0.25) is 4.79 Å². The number of rotatable bonds is 5. The summed E-state index contributed by atoms with van der Waals surface area (Å²) in [6.07, 6.45) is 5.84. The van der Waals surface area contributed by atoms with Crippen molar-refractivity contribution in [3.8, 4) is 0 Å². The highest BCUT2D eigenvalue weighted by molar-refractivity contribution is 9.11. The maximum absolute atomic E-state index is 13.7. The van der Waals surface area contributed by atoms with Gasteiger partial charge in [-0.25, -0.2) is 8.42 Å². The molecule has 5 nitrogen and oxygen atoms in total. The maximum atomic E-state index is 13.7. The number of benzene rings is 2. The highest BCUT2D eigenvalue weighted by Gasteiger charge is 2.37. The monoisotopic (exact) mass is 568 g/mol. The van der Waals surface area contributed by atoms with Crippen molar-refractivity contribution in [2.75, 3.05) is 13.1 Å². The summed E-state index contributed by atoms with van der Waals surface area (Å²) in [5.41, 5.74) is 2.11. The minimum absolute atomic E-state index is 0.0401. The van der Waals surface area contributed by atoms with Gasteiger partial charge in [0, 0.05) is 28.0 Å². The van der Waals surface area contributed by atoms with Crippen molar-refractivity contribution in [3.63, 3.8) is 0 Å². The van der Waals surface area contributed by atoms with E-state index in [1.54, 1.807) is 22.5 Å². The van der Waals surface area contributed by atoms with Crippen LogP contribution in [-0.2, 0) is 21.2 Å². The zero-order chi connectivity index (χ0) is 22.0. The number of carbonyl (C=O) groups excluding carboxylic acids is 1. The molecule has 0 spiro atoms. The van der Waals surface area contributed by atoms with Crippen molar-refractivity contribution in [1.29, 1.82) is 0 Å². The first-order chi connectivity index (χ1) is 14.9. The summed E-state index contributed by atoms with van der Waals surface area (Å²) in [6.45, 7) is 0.658. The number of hydrogen-bond donors (Lipinski definition) is 1. The lowest BCUT2D eigenvalue weighted by atomic mass is 9.88. The lowest BCUT2D eigenvalue weighted by Gasteiger charge is -2.37. The summed E-state index contributed by atoms with van der Waals surface area (Å²) in [5, 5.41) is 3.08. The molecule has 2 aromatic carbocycles. The van der Waals surface area contributed by atoms with Gasteiger partial charge in [0.25, 0.3) is 0 Å². The fourth-order valence-corrected chi connectivity index (χ4v) is 7.96. The van der Waals surface area contributed by atoms with E-state index in [0.29, 0.717) is 17.4 Å². The van der Waals surface area contributed by atoms with Gasteiger partial charge in [-0.05, 0) is 64.5 Å². The molecule has 0 saturated heterocycles. The third-order valence-electron chi connectivity index (χ3n) is 6.29. The highest BCUT2D eigenvalue weighted by Crippen LogP contribution is 2.36. The molecule has 0 aromatic heterocycles. The summed E-state index contributed by atoms with van der Waals surface area (Å²) in [7, 11) is -3.76. The third-order valence-corrected chi connectivity index (χ3v) is 9.67. The summed E-state index contributed by atoms with van der Waals surface area (Å²) in [4.78, 5) is 13.0. The predicted molar refractivity (Wildman–Crippen MR) is 128 cm³/mol. The van der Waals surface area contributed by atoms with Gasteiger partial charge in [-0.15, -0.1) is 0 Å². The van der Waals surface area contributed by atoms with Crippen molar-refractivity contribution in [3.05, 3.63) is 62.5 Å². The van der Waals surface area contributed by atoms with Crippen LogP contribution in [0.3, 0.4) is 0 Å². The molecule has 1 atom stereocenters. The maximum Gasteiger partial charge on any atom is 0.244 e. The molecule has 1 unspecified atom stereocenters. The van der Waals surface area contributed by atoms with E-state index in [9.17, 15) is 13.2 Å². The molecule has 1 saturated carbocycles. The third kappa shape index (κ3) is 4.92. The van der Waals surface area contributed by atoms with E-state index in [2.05, 4.69) is 37.2 Å². The fourth-order valence-electron chi connectivity index (χ4n) is 4.65. The van der Waals surface area contributed by atoms with Crippen molar-refractivity contribution < 1.29 is 13.2 Å². The Morgan fingerprint density at radius 2 is 1.81 bits per heavy atom. The first-order valence-corrected chi connectivity index (χ1v) is 13.7. The van der Waals surface area contributed by atoms with Gasteiger partial charge in [0.1, 0.15) is 0 Å². The molecule has 1 fully saturated rings. The van der Waals surface area contributed by atoms with E-state index in [0.717, 1.165) is 41.3 Å². The van der Waals surface area contributed by atoms with Gasteiger partial charge < -0.3 is 5.32 Å². The van der Waals surface area contributed by atoms with Crippen LogP contribution in [0.1, 0.15) is 49.3 Å². The minimum atomic E-state index is -3.76.